The molecule has 6 rings (SSSR count). The van der Waals surface area contributed by atoms with Crippen LogP contribution in [0.25, 0.3) is 10.9 Å². The summed E-state index contributed by atoms with van der Waals surface area (Å²) in [5.41, 5.74) is 4.55. The quantitative estimate of drug-likeness (QED) is 0.466. The van der Waals surface area contributed by atoms with E-state index in [0.29, 0.717) is 23.7 Å². The van der Waals surface area contributed by atoms with E-state index in [0.717, 1.165) is 76.1 Å². The second kappa shape index (κ2) is 9.90. The van der Waals surface area contributed by atoms with Gasteiger partial charge in [-0.1, -0.05) is 6.07 Å². The lowest BCUT2D eigenvalue weighted by atomic mass is 9.92. The molecule has 0 spiro atoms. The van der Waals surface area contributed by atoms with Crippen LogP contribution in [-0.4, -0.2) is 60.8 Å². The van der Waals surface area contributed by atoms with Crippen molar-refractivity contribution >= 4 is 22.5 Å². The van der Waals surface area contributed by atoms with Gasteiger partial charge in [0, 0.05) is 56.3 Å². The molecule has 2 bridgehead atoms. The number of nitrogens with one attached hydrogen (secondary N) is 2. The monoisotopic (exact) mass is 512 g/mol. The molecule has 8 nitrogen and oxygen atoms in total. The maximum absolute atomic E-state index is 11.7. The van der Waals surface area contributed by atoms with Gasteiger partial charge in [-0.05, 0) is 41.5 Å². The maximum atomic E-state index is 11.7. The molecular weight excluding hydrogens is 478 g/mol. The van der Waals surface area contributed by atoms with Crippen molar-refractivity contribution in [2.45, 2.75) is 56.8 Å². The number of aromatic nitrogens is 1. The molecular formula is C30H34N5O3+. The number of piperidine rings is 1. The fourth-order valence-electron chi connectivity index (χ4n) is 6.85. The molecule has 2 saturated heterocycles. The van der Waals surface area contributed by atoms with Gasteiger partial charge < -0.3 is 24.6 Å². The van der Waals surface area contributed by atoms with E-state index in [9.17, 15) is 10.1 Å². The van der Waals surface area contributed by atoms with E-state index in [2.05, 4.69) is 34.8 Å². The van der Waals surface area contributed by atoms with Crippen LogP contribution in [0.5, 0.6) is 11.5 Å². The van der Waals surface area contributed by atoms with Crippen LogP contribution in [0.15, 0.2) is 42.6 Å². The molecule has 8 heteroatoms. The van der Waals surface area contributed by atoms with E-state index in [-0.39, 0.29) is 12.5 Å². The number of nitriles is 1. The van der Waals surface area contributed by atoms with Crippen molar-refractivity contribution in [1.29, 1.82) is 5.26 Å². The smallest absolute Gasteiger partial charge is 0.262 e. The largest absolute Gasteiger partial charge is 0.497 e. The third-order valence-electron chi connectivity index (χ3n) is 9.04. The Hall–Kier alpha value is -3.67. The number of benzene rings is 2. The van der Waals surface area contributed by atoms with Gasteiger partial charge in [0.05, 0.1) is 49.6 Å². The molecule has 0 radical (unpaired) electrons. The summed E-state index contributed by atoms with van der Waals surface area (Å²) in [6.07, 6.45) is 7.35. The van der Waals surface area contributed by atoms with Crippen LogP contribution < -0.4 is 20.1 Å². The van der Waals surface area contributed by atoms with Crippen LogP contribution in [0.3, 0.4) is 0 Å². The molecule has 0 aliphatic carbocycles. The van der Waals surface area contributed by atoms with Gasteiger partial charge in [0.25, 0.3) is 5.91 Å². The summed E-state index contributed by atoms with van der Waals surface area (Å²) < 4.78 is 12.0. The lowest BCUT2D eigenvalue weighted by Gasteiger charge is -2.47. The van der Waals surface area contributed by atoms with Gasteiger partial charge in [-0.15, -0.1) is 0 Å². The normalized spacial score (nSPS) is 25.8. The van der Waals surface area contributed by atoms with Gasteiger partial charge >= 0.3 is 0 Å². The Kier molecular flexibility index (Phi) is 6.42. The molecule has 2 N–H and O–H groups in total. The standard InChI is InChI=1S/C30H33N5O3/c1-35(10-9-25-20(15-31)17-33-27-7-6-24(37-2)14-26(25)27)22-4-5-23(35)13-21(12-22)32-16-19-3-8-29-28(11-19)34-30(36)18-38-29/h3,6-8,11,14,17,21-23,32H,4-5,9-10,12-13,16,18H2,1-2H3/p+1. The number of anilines is 1. The van der Waals surface area contributed by atoms with Crippen LogP contribution >= 0.6 is 0 Å². The molecule has 3 aromatic rings. The Labute approximate surface area is 223 Å². The fraction of sp³-hybridized carbons (Fsp3) is 0.433. The summed E-state index contributed by atoms with van der Waals surface area (Å²) in [6, 6.07) is 16.0. The number of rotatable bonds is 7. The summed E-state index contributed by atoms with van der Waals surface area (Å²) in [5, 5.41) is 17.5. The predicted octanol–water partition coefficient (Wildman–Crippen LogP) is 3.92. The Balaban J connectivity index is 1.13. The number of nitrogens with zero attached hydrogens (tertiary/aromatic N) is 3. The number of pyridine rings is 1. The molecule has 1 aromatic heterocycles. The first-order valence-corrected chi connectivity index (χ1v) is 13.5. The van der Waals surface area contributed by atoms with E-state index in [4.69, 9.17) is 9.47 Å². The summed E-state index contributed by atoms with van der Waals surface area (Å²) in [7, 11) is 4.09. The van der Waals surface area contributed by atoms with E-state index in [1.165, 1.54) is 12.8 Å². The summed E-state index contributed by atoms with van der Waals surface area (Å²) in [6.45, 7) is 1.86. The van der Waals surface area contributed by atoms with E-state index < -0.39 is 0 Å². The molecule has 2 atom stereocenters. The number of quaternary nitrogens is 1. The van der Waals surface area contributed by atoms with Gasteiger partial charge in [-0.3, -0.25) is 9.78 Å². The number of carbonyl (C=O) groups is 1. The van der Waals surface area contributed by atoms with Crippen LogP contribution in [0, 0.1) is 11.3 Å². The van der Waals surface area contributed by atoms with Gasteiger partial charge in [0.15, 0.2) is 6.61 Å². The van der Waals surface area contributed by atoms with Crippen molar-refractivity contribution in [1.82, 2.24) is 10.3 Å². The number of methoxy groups -OCH3 is 1. The Morgan fingerprint density at radius 1 is 1.21 bits per heavy atom. The second-order valence-electron chi connectivity index (χ2n) is 11.1. The average Bonchev–Trinajstić information content (AvgIpc) is 3.09. The molecule has 2 fully saturated rings. The number of hydrogen-bond acceptors (Lipinski definition) is 6. The number of carbonyl (C=O) groups excluding carboxylic acids is 1. The third-order valence-corrected chi connectivity index (χ3v) is 9.04. The Morgan fingerprint density at radius 3 is 2.79 bits per heavy atom. The highest BCUT2D eigenvalue weighted by Gasteiger charge is 2.51. The number of amides is 1. The van der Waals surface area contributed by atoms with Crippen molar-refractivity contribution in [3.05, 3.63) is 59.3 Å². The molecule has 2 unspecified atom stereocenters. The third kappa shape index (κ3) is 4.46. The van der Waals surface area contributed by atoms with Crippen molar-refractivity contribution in [3.8, 4) is 17.6 Å². The van der Waals surface area contributed by atoms with E-state index in [1.807, 2.05) is 30.3 Å². The zero-order valence-corrected chi connectivity index (χ0v) is 22.0. The van der Waals surface area contributed by atoms with Crippen molar-refractivity contribution in [2.24, 2.45) is 0 Å². The SMILES string of the molecule is COc1ccc2ncc(C#N)c(CC[N+]3(C)C4CCC3CC(NCc3ccc5c(c3)NC(=O)CO5)C4)c2c1. The zero-order valence-electron chi connectivity index (χ0n) is 22.0. The van der Waals surface area contributed by atoms with Crippen LogP contribution in [0.2, 0.25) is 0 Å². The zero-order chi connectivity index (χ0) is 26.3. The van der Waals surface area contributed by atoms with Gasteiger partial charge in [0.1, 0.15) is 17.6 Å². The second-order valence-corrected chi connectivity index (χ2v) is 11.1. The lowest BCUT2D eigenvalue weighted by Crippen LogP contribution is -2.61. The first kappa shape index (κ1) is 24.7. The lowest BCUT2D eigenvalue weighted by molar-refractivity contribution is -0.948. The van der Waals surface area contributed by atoms with E-state index in [1.54, 1.807) is 13.3 Å². The molecule has 196 valence electrons. The first-order valence-electron chi connectivity index (χ1n) is 13.5. The number of ether oxygens (including phenoxy) is 2. The highest BCUT2D eigenvalue weighted by molar-refractivity contribution is 5.95. The number of hydrogen-bond donors (Lipinski definition) is 2. The predicted molar refractivity (Wildman–Crippen MR) is 145 cm³/mol. The van der Waals surface area contributed by atoms with Crippen LogP contribution in [-0.2, 0) is 17.8 Å². The van der Waals surface area contributed by atoms with Crippen LogP contribution in [0.1, 0.15) is 42.4 Å². The van der Waals surface area contributed by atoms with Crippen molar-refractivity contribution < 1.29 is 18.8 Å². The minimum absolute atomic E-state index is 0.0792. The fourth-order valence-corrected chi connectivity index (χ4v) is 6.85. The molecule has 2 aromatic carbocycles. The average molecular weight is 513 g/mol. The summed E-state index contributed by atoms with van der Waals surface area (Å²) in [5.74, 6) is 1.42. The summed E-state index contributed by atoms with van der Waals surface area (Å²) in [4.78, 5) is 16.2. The number of fused-ring (bicyclic) bond motifs is 4. The van der Waals surface area contributed by atoms with Crippen molar-refractivity contribution in [2.75, 3.05) is 32.6 Å². The van der Waals surface area contributed by atoms with Crippen LogP contribution in [0.4, 0.5) is 5.69 Å². The Bertz CT molecular complexity index is 1420. The Morgan fingerprint density at radius 2 is 2.03 bits per heavy atom. The van der Waals surface area contributed by atoms with Gasteiger partial charge in [0.2, 0.25) is 0 Å². The highest BCUT2D eigenvalue weighted by atomic mass is 16.5. The molecule has 0 saturated carbocycles. The molecule has 4 heterocycles. The molecule has 3 aliphatic rings. The first-order chi connectivity index (χ1) is 18.5. The van der Waals surface area contributed by atoms with Gasteiger partial charge in [-0.2, -0.15) is 5.26 Å². The van der Waals surface area contributed by atoms with E-state index >= 15 is 0 Å². The summed E-state index contributed by atoms with van der Waals surface area (Å²) >= 11 is 0. The van der Waals surface area contributed by atoms with Gasteiger partial charge in [-0.25, -0.2) is 0 Å². The van der Waals surface area contributed by atoms with Crippen molar-refractivity contribution in [3.63, 3.8) is 0 Å². The topological polar surface area (TPSA) is 96.3 Å². The molecule has 1 amide bonds. The highest BCUT2D eigenvalue weighted by Crippen LogP contribution is 2.42. The number of likely N-dealkylation sites (N-methyl/N-ethyl adjacent to an activating group) is 1. The molecule has 3 aliphatic heterocycles. The maximum Gasteiger partial charge on any atom is 0.262 e. The minimum atomic E-state index is -0.107. The molecule has 38 heavy (non-hydrogen) atoms. The minimum Gasteiger partial charge on any atom is -0.497 e.